The van der Waals surface area contributed by atoms with Crippen LogP contribution in [0, 0.1) is 0 Å². The third-order valence-electron chi connectivity index (χ3n) is 2.44. The Morgan fingerprint density at radius 3 is 2.94 bits per heavy atom. The number of aliphatic hydroxyl groups is 2. The van der Waals surface area contributed by atoms with Crippen molar-refractivity contribution in [3.05, 3.63) is 29.3 Å². The van der Waals surface area contributed by atoms with Gasteiger partial charge in [0.25, 0.3) is 0 Å². The highest BCUT2D eigenvalue weighted by molar-refractivity contribution is 7.16. The standard InChI is InChI=1S/C11H11NO4S/c1-16-11(15)10(14)9(13)6-2-3-7-8(4-6)17-5-12-7/h2-5,9-10,13-14H,1H3. The Bertz CT molecular complexity index is 539. The molecule has 0 aliphatic rings. The number of fused-ring (bicyclic) bond motifs is 1. The number of benzene rings is 1. The zero-order valence-corrected chi connectivity index (χ0v) is 9.85. The second kappa shape index (κ2) is 4.79. The van der Waals surface area contributed by atoms with E-state index >= 15 is 0 Å². The van der Waals surface area contributed by atoms with Gasteiger partial charge in [-0.15, -0.1) is 11.3 Å². The monoisotopic (exact) mass is 253 g/mol. The fraction of sp³-hybridized carbons (Fsp3) is 0.273. The molecule has 1 aromatic heterocycles. The molecule has 0 fully saturated rings. The SMILES string of the molecule is COC(=O)C(O)C(O)c1ccc2ncsc2c1. The normalized spacial score (nSPS) is 14.5. The summed E-state index contributed by atoms with van der Waals surface area (Å²) in [5.74, 6) is -0.859. The minimum absolute atomic E-state index is 0.458. The first-order valence-corrected chi connectivity index (χ1v) is 5.78. The molecule has 1 heterocycles. The summed E-state index contributed by atoms with van der Waals surface area (Å²) < 4.78 is 5.26. The van der Waals surface area contributed by atoms with Crippen LogP contribution in [-0.2, 0) is 9.53 Å². The summed E-state index contributed by atoms with van der Waals surface area (Å²) in [6.45, 7) is 0. The second-order valence-electron chi connectivity index (χ2n) is 3.49. The van der Waals surface area contributed by atoms with Gasteiger partial charge in [-0.3, -0.25) is 0 Å². The summed E-state index contributed by atoms with van der Waals surface area (Å²) in [7, 11) is 1.16. The molecular formula is C11H11NO4S. The van der Waals surface area contributed by atoms with E-state index in [0.29, 0.717) is 5.56 Å². The van der Waals surface area contributed by atoms with E-state index in [2.05, 4.69) is 9.72 Å². The number of nitrogens with zero attached hydrogens (tertiary/aromatic N) is 1. The Kier molecular flexibility index (Phi) is 3.37. The molecule has 0 amide bonds. The van der Waals surface area contributed by atoms with Crippen LogP contribution in [0.15, 0.2) is 23.7 Å². The van der Waals surface area contributed by atoms with Crippen molar-refractivity contribution < 1.29 is 19.7 Å². The van der Waals surface area contributed by atoms with E-state index in [9.17, 15) is 15.0 Å². The van der Waals surface area contributed by atoms with Gasteiger partial charge in [0.1, 0.15) is 6.10 Å². The van der Waals surface area contributed by atoms with Gasteiger partial charge >= 0.3 is 5.97 Å². The predicted molar refractivity (Wildman–Crippen MR) is 62.6 cm³/mol. The van der Waals surface area contributed by atoms with Crippen molar-refractivity contribution in [1.82, 2.24) is 4.98 Å². The van der Waals surface area contributed by atoms with E-state index in [1.165, 1.54) is 11.3 Å². The zero-order valence-electron chi connectivity index (χ0n) is 9.03. The second-order valence-corrected chi connectivity index (χ2v) is 4.38. The lowest BCUT2D eigenvalue weighted by molar-refractivity contribution is -0.156. The van der Waals surface area contributed by atoms with Gasteiger partial charge in [0.05, 0.1) is 22.8 Å². The molecule has 0 saturated heterocycles. The number of ether oxygens (including phenoxy) is 1. The minimum atomic E-state index is -1.58. The van der Waals surface area contributed by atoms with Crippen LogP contribution in [0.5, 0.6) is 0 Å². The van der Waals surface area contributed by atoms with Gasteiger partial charge in [-0.2, -0.15) is 0 Å². The predicted octanol–water partition coefficient (Wildman–Crippen LogP) is 0.864. The van der Waals surface area contributed by atoms with E-state index in [4.69, 9.17) is 0 Å². The maximum atomic E-state index is 11.1. The number of esters is 1. The number of aliphatic hydroxyl groups excluding tert-OH is 2. The molecule has 0 spiro atoms. The number of hydrogen-bond acceptors (Lipinski definition) is 6. The fourth-order valence-corrected chi connectivity index (χ4v) is 2.21. The average molecular weight is 253 g/mol. The van der Waals surface area contributed by atoms with Gasteiger partial charge in [-0.05, 0) is 17.7 Å². The minimum Gasteiger partial charge on any atom is -0.467 e. The topological polar surface area (TPSA) is 79.7 Å². The lowest BCUT2D eigenvalue weighted by Crippen LogP contribution is -2.28. The van der Waals surface area contributed by atoms with Gasteiger partial charge in [-0.25, -0.2) is 9.78 Å². The fourth-order valence-electron chi connectivity index (χ4n) is 1.49. The van der Waals surface area contributed by atoms with Crippen LogP contribution in [0.2, 0.25) is 0 Å². The van der Waals surface area contributed by atoms with Crippen molar-refractivity contribution >= 4 is 27.5 Å². The van der Waals surface area contributed by atoms with Gasteiger partial charge in [-0.1, -0.05) is 6.07 Å². The van der Waals surface area contributed by atoms with Crippen molar-refractivity contribution in [2.75, 3.05) is 7.11 Å². The number of aromatic nitrogens is 1. The molecule has 2 aromatic rings. The molecule has 0 radical (unpaired) electrons. The van der Waals surface area contributed by atoms with Crippen LogP contribution in [0.25, 0.3) is 10.2 Å². The molecule has 0 aliphatic carbocycles. The molecule has 2 rings (SSSR count). The zero-order chi connectivity index (χ0) is 12.4. The molecule has 1 aromatic carbocycles. The van der Waals surface area contributed by atoms with Crippen molar-refractivity contribution in [3.8, 4) is 0 Å². The summed E-state index contributed by atoms with van der Waals surface area (Å²) in [6, 6.07) is 5.05. The number of carbonyl (C=O) groups excluding carboxylic acids is 1. The number of thiazole rings is 1. The first-order chi connectivity index (χ1) is 8.13. The molecular weight excluding hydrogens is 242 g/mol. The van der Waals surface area contributed by atoms with E-state index in [1.54, 1.807) is 23.7 Å². The molecule has 90 valence electrons. The quantitative estimate of drug-likeness (QED) is 0.793. The molecule has 5 nitrogen and oxygen atoms in total. The summed E-state index contributed by atoms with van der Waals surface area (Å²) in [5, 5.41) is 19.3. The first-order valence-electron chi connectivity index (χ1n) is 4.90. The smallest absolute Gasteiger partial charge is 0.337 e. The summed E-state index contributed by atoms with van der Waals surface area (Å²) >= 11 is 1.42. The Morgan fingerprint density at radius 1 is 1.47 bits per heavy atom. The van der Waals surface area contributed by atoms with E-state index in [-0.39, 0.29) is 0 Å². The van der Waals surface area contributed by atoms with Gasteiger partial charge in [0, 0.05) is 0 Å². The Hall–Kier alpha value is -1.50. The van der Waals surface area contributed by atoms with Crippen LogP contribution >= 0.6 is 11.3 Å². The molecule has 2 N–H and O–H groups in total. The molecule has 6 heteroatoms. The summed E-state index contributed by atoms with van der Waals surface area (Å²) in [6.07, 6.45) is -2.88. The Balaban J connectivity index is 2.29. The van der Waals surface area contributed by atoms with E-state index in [1.807, 2.05) is 0 Å². The van der Waals surface area contributed by atoms with Crippen LogP contribution in [0.4, 0.5) is 0 Å². The van der Waals surface area contributed by atoms with Crippen molar-refractivity contribution in [2.45, 2.75) is 12.2 Å². The summed E-state index contributed by atoms with van der Waals surface area (Å²) in [5.41, 5.74) is 2.97. The van der Waals surface area contributed by atoms with Crippen LogP contribution in [0.1, 0.15) is 11.7 Å². The first kappa shape index (κ1) is 12.0. The number of carbonyl (C=O) groups is 1. The number of rotatable bonds is 3. The highest BCUT2D eigenvalue weighted by Crippen LogP contribution is 2.24. The molecule has 0 bridgehead atoms. The van der Waals surface area contributed by atoms with Gasteiger partial charge in [0.2, 0.25) is 0 Å². The average Bonchev–Trinajstić information content (AvgIpc) is 2.83. The highest BCUT2D eigenvalue weighted by Gasteiger charge is 2.26. The Labute approximate surface area is 101 Å². The molecule has 0 saturated carbocycles. The third kappa shape index (κ3) is 2.28. The number of hydrogen-bond donors (Lipinski definition) is 2. The third-order valence-corrected chi connectivity index (χ3v) is 3.23. The van der Waals surface area contributed by atoms with Crippen molar-refractivity contribution in [1.29, 1.82) is 0 Å². The van der Waals surface area contributed by atoms with Crippen LogP contribution in [-0.4, -0.2) is 34.4 Å². The van der Waals surface area contributed by atoms with Crippen molar-refractivity contribution in [2.24, 2.45) is 0 Å². The lowest BCUT2D eigenvalue weighted by Gasteiger charge is -2.15. The van der Waals surface area contributed by atoms with Gasteiger partial charge in [0.15, 0.2) is 6.10 Å². The molecule has 17 heavy (non-hydrogen) atoms. The largest absolute Gasteiger partial charge is 0.467 e. The maximum absolute atomic E-state index is 11.1. The summed E-state index contributed by atoms with van der Waals surface area (Å²) in [4.78, 5) is 15.2. The maximum Gasteiger partial charge on any atom is 0.337 e. The van der Waals surface area contributed by atoms with Crippen LogP contribution in [0.3, 0.4) is 0 Å². The molecule has 0 aliphatic heterocycles. The highest BCUT2D eigenvalue weighted by atomic mass is 32.1. The van der Waals surface area contributed by atoms with Crippen LogP contribution < -0.4 is 0 Å². The Morgan fingerprint density at radius 2 is 2.24 bits per heavy atom. The van der Waals surface area contributed by atoms with Crippen molar-refractivity contribution in [3.63, 3.8) is 0 Å². The number of methoxy groups -OCH3 is 1. The van der Waals surface area contributed by atoms with Gasteiger partial charge < -0.3 is 14.9 Å². The van der Waals surface area contributed by atoms with E-state index < -0.39 is 18.2 Å². The molecule has 2 atom stereocenters. The lowest BCUT2D eigenvalue weighted by atomic mass is 10.0. The van der Waals surface area contributed by atoms with E-state index in [0.717, 1.165) is 17.3 Å². The molecule has 2 unspecified atom stereocenters.